The predicted molar refractivity (Wildman–Crippen MR) is 45.1 cm³/mol. The van der Waals surface area contributed by atoms with Crippen LogP contribution in [0, 0.1) is 5.92 Å². The van der Waals surface area contributed by atoms with E-state index in [1.54, 1.807) is 7.11 Å². The second-order valence-corrected chi connectivity index (χ2v) is 2.89. The minimum absolute atomic E-state index is 0.0260. The summed E-state index contributed by atoms with van der Waals surface area (Å²) in [6.07, 6.45) is 2.96. The van der Waals surface area contributed by atoms with E-state index in [1.165, 1.54) is 0 Å². The van der Waals surface area contributed by atoms with Crippen LogP contribution in [0.15, 0.2) is 12.7 Å². The van der Waals surface area contributed by atoms with Gasteiger partial charge < -0.3 is 4.74 Å². The van der Waals surface area contributed by atoms with E-state index in [0.29, 0.717) is 5.92 Å². The summed E-state index contributed by atoms with van der Waals surface area (Å²) in [6.45, 7) is 10.1. The molecule has 10 heavy (non-hydrogen) atoms. The molecule has 1 heteroatoms. The minimum Gasteiger partial charge on any atom is -0.378 e. The highest BCUT2D eigenvalue weighted by Crippen LogP contribution is 2.24. The maximum Gasteiger partial charge on any atom is 0.0707 e. The third kappa shape index (κ3) is 1.84. The highest BCUT2D eigenvalue weighted by molar-refractivity contribution is 4.90. The molecule has 0 amide bonds. The average molecular weight is 142 g/mol. The van der Waals surface area contributed by atoms with Crippen LogP contribution in [0.5, 0.6) is 0 Å². The summed E-state index contributed by atoms with van der Waals surface area (Å²) in [6, 6.07) is 0. The lowest BCUT2D eigenvalue weighted by atomic mass is 9.88. The van der Waals surface area contributed by atoms with Crippen molar-refractivity contribution < 1.29 is 4.74 Å². The molecule has 0 saturated heterocycles. The van der Waals surface area contributed by atoms with E-state index in [4.69, 9.17) is 4.74 Å². The topological polar surface area (TPSA) is 9.23 Å². The van der Waals surface area contributed by atoms with Gasteiger partial charge in [-0.05, 0) is 13.3 Å². The third-order valence-electron chi connectivity index (χ3n) is 2.49. The highest BCUT2D eigenvalue weighted by Gasteiger charge is 2.26. The lowest BCUT2D eigenvalue weighted by molar-refractivity contribution is -0.0259. The Labute approximate surface area is 64.1 Å². The van der Waals surface area contributed by atoms with Gasteiger partial charge in [0, 0.05) is 13.0 Å². The molecule has 0 aromatic rings. The van der Waals surface area contributed by atoms with Gasteiger partial charge in [0.05, 0.1) is 5.60 Å². The fourth-order valence-corrected chi connectivity index (χ4v) is 0.902. The molecule has 0 N–H and O–H groups in total. The number of hydrogen-bond acceptors (Lipinski definition) is 1. The summed E-state index contributed by atoms with van der Waals surface area (Å²) in [5.74, 6) is 0.419. The van der Waals surface area contributed by atoms with Crippen molar-refractivity contribution in [2.75, 3.05) is 7.11 Å². The van der Waals surface area contributed by atoms with Crippen molar-refractivity contribution in [3.05, 3.63) is 12.7 Å². The van der Waals surface area contributed by atoms with E-state index in [2.05, 4.69) is 27.4 Å². The van der Waals surface area contributed by atoms with Crippen LogP contribution in [0.3, 0.4) is 0 Å². The maximum absolute atomic E-state index is 5.37. The number of rotatable bonds is 4. The van der Waals surface area contributed by atoms with Crippen molar-refractivity contribution in [1.82, 2.24) is 0 Å². The molecule has 0 heterocycles. The standard InChI is InChI=1S/C9H18O/c1-6-8(3)9(4,7-2)10-5/h6,8H,1,7H2,2-5H3. The van der Waals surface area contributed by atoms with Gasteiger partial charge in [-0.1, -0.05) is 19.9 Å². The molecule has 2 atom stereocenters. The van der Waals surface area contributed by atoms with Crippen LogP contribution in [0.25, 0.3) is 0 Å². The van der Waals surface area contributed by atoms with Gasteiger partial charge in [-0.2, -0.15) is 0 Å². The molecule has 1 nitrogen and oxygen atoms in total. The van der Waals surface area contributed by atoms with Crippen molar-refractivity contribution in [2.24, 2.45) is 5.92 Å². The van der Waals surface area contributed by atoms with Gasteiger partial charge in [0.15, 0.2) is 0 Å². The van der Waals surface area contributed by atoms with Crippen LogP contribution in [0.2, 0.25) is 0 Å². The van der Waals surface area contributed by atoms with Crippen molar-refractivity contribution in [1.29, 1.82) is 0 Å². The van der Waals surface area contributed by atoms with E-state index in [0.717, 1.165) is 6.42 Å². The van der Waals surface area contributed by atoms with Crippen LogP contribution < -0.4 is 0 Å². The molecule has 0 aliphatic heterocycles. The molecule has 0 bridgehead atoms. The molecular formula is C9H18O. The van der Waals surface area contributed by atoms with Crippen LogP contribution in [-0.2, 0) is 4.74 Å². The smallest absolute Gasteiger partial charge is 0.0707 e. The summed E-state index contributed by atoms with van der Waals surface area (Å²) >= 11 is 0. The molecule has 0 saturated carbocycles. The largest absolute Gasteiger partial charge is 0.378 e. The van der Waals surface area contributed by atoms with Crippen LogP contribution in [0.4, 0.5) is 0 Å². The van der Waals surface area contributed by atoms with Gasteiger partial charge in [0.25, 0.3) is 0 Å². The quantitative estimate of drug-likeness (QED) is 0.548. The number of ether oxygens (including phenoxy) is 1. The zero-order valence-electron chi connectivity index (χ0n) is 7.48. The Bertz CT molecular complexity index is 103. The molecule has 60 valence electrons. The first-order valence-electron chi connectivity index (χ1n) is 3.78. The maximum atomic E-state index is 5.37. The minimum atomic E-state index is -0.0260. The lowest BCUT2D eigenvalue weighted by Gasteiger charge is -2.31. The van der Waals surface area contributed by atoms with Crippen LogP contribution in [-0.4, -0.2) is 12.7 Å². The first-order valence-corrected chi connectivity index (χ1v) is 3.78. The van der Waals surface area contributed by atoms with Crippen LogP contribution >= 0.6 is 0 Å². The van der Waals surface area contributed by atoms with E-state index in [1.807, 2.05) is 6.08 Å². The molecule has 0 aliphatic rings. The van der Waals surface area contributed by atoms with Crippen molar-refractivity contribution in [3.63, 3.8) is 0 Å². The van der Waals surface area contributed by atoms with Gasteiger partial charge in [-0.25, -0.2) is 0 Å². The van der Waals surface area contributed by atoms with Gasteiger partial charge >= 0.3 is 0 Å². The molecule has 0 fully saturated rings. The van der Waals surface area contributed by atoms with Crippen LogP contribution in [0.1, 0.15) is 27.2 Å². The molecule has 0 spiro atoms. The molecular weight excluding hydrogens is 124 g/mol. The Morgan fingerprint density at radius 2 is 2.20 bits per heavy atom. The van der Waals surface area contributed by atoms with Gasteiger partial charge in [0.1, 0.15) is 0 Å². The van der Waals surface area contributed by atoms with Gasteiger partial charge in [-0.3, -0.25) is 0 Å². The van der Waals surface area contributed by atoms with Gasteiger partial charge in [-0.15, -0.1) is 6.58 Å². The second kappa shape index (κ2) is 3.77. The summed E-state index contributed by atoms with van der Waals surface area (Å²) < 4.78 is 5.37. The normalized spacial score (nSPS) is 19.6. The fourth-order valence-electron chi connectivity index (χ4n) is 0.902. The Hall–Kier alpha value is -0.300. The summed E-state index contributed by atoms with van der Waals surface area (Å²) in [4.78, 5) is 0. The molecule has 0 aromatic carbocycles. The molecule has 0 radical (unpaired) electrons. The third-order valence-corrected chi connectivity index (χ3v) is 2.49. The van der Waals surface area contributed by atoms with E-state index in [-0.39, 0.29) is 5.60 Å². The van der Waals surface area contributed by atoms with E-state index in [9.17, 15) is 0 Å². The monoisotopic (exact) mass is 142 g/mol. The van der Waals surface area contributed by atoms with E-state index >= 15 is 0 Å². The molecule has 2 unspecified atom stereocenters. The zero-order valence-corrected chi connectivity index (χ0v) is 7.48. The summed E-state index contributed by atoms with van der Waals surface area (Å²) in [7, 11) is 1.75. The second-order valence-electron chi connectivity index (χ2n) is 2.89. The molecule has 0 aliphatic carbocycles. The number of methoxy groups -OCH3 is 1. The van der Waals surface area contributed by atoms with Gasteiger partial charge in [0.2, 0.25) is 0 Å². The summed E-state index contributed by atoms with van der Waals surface area (Å²) in [5, 5.41) is 0. The lowest BCUT2D eigenvalue weighted by Crippen LogP contribution is -2.33. The highest BCUT2D eigenvalue weighted by atomic mass is 16.5. The first kappa shape index (κ1) is 9.70. The molecule has 0 rings (SSSR count). The van der Waals surface area contributed by atoms with E-state index < -0.39 is 0 Å². The van der Waals surface area contributed by atoms with Crippen molar-refractivity contribution in [2.45, 2.75) is 32.8 Å². The zero-order chi connectivity index (χ0) is 8.20. The first-order chi connectivity index (χ1) is 4.60. The SMILES string of the molecule is C=CC(C)C(C)(CC)OC. The number of hydrogen-bond donors (Lipinski definition) is 0. The average Bonchev–Trinajstić information content (AvgIpc) is 2.01. The summed E-state index contributed by atoms with van der Waals surface area (Å²) in [5.41, 5.74) is -0.0260. The molecule has 0 aromatic heterocycles. The van der Waals surface area contributed by atoms with Crippen molar-refractivity contribution >= 4 is 0 Å². The fraction of sp³-hybridized carbons (Fsp3) is 0.778. The Morgan fingerprint density at radius 1 is 1.70 bits per heavy atom. The Balaban J connectivity index is 4.15. The Kier molecular flexibility index (Phi) is 3.66. The predicted octanol–water partition coefficient (Wildman–Crippen LogP) is 2.62. The Morgan fingerprint density at radius 3 is 2.30 bits per heavy atom. The van der Waals surface area contributed by atoms with Crippen molar-refractivity contribution in [3.8, 4) is 0 Å².